The summed E-state index contributed by atoms with van der Waals surface area (Å²) in [4.78, 5) is 10.9. The first-order valence-electron chi connectivity index (χ1n) is 6.38. The highest BCUT2D eigenvalue weighted by atomic mass is 19.3. The molecule has 0 aliphatic carbocycles. The molecule has 22 heavy (non-hydrogen) atoms. The predicted octanol–water partition coefficient (Wildman–Crippen LogP) is 2.92. The van der Waals surface area contributed by atoms with E-state index in [1.165, 1.54) is 12.1 Å². The fourth-order valence-corrected chi connectivity index (χ4v) is 2.10. The summed E-state index contributed by atoms with van der Waals surface area (Å²) in [5, 5.41) is 12.5. The fraction of sp³-hybridized carbons (Fsp3) is 0.286. The van der Waals surface area contributed by atoms with Gasteiger partial charge in [0.25, 0.3) is 5.92 Å². The number of hydrogen-bond donors (Lipinski definition) is 1. The number of aromatic carboxylic acids is 1. The molecule has 0 bridgehead atoms. The fourth-order valence-electron chi connectivity index (χ4n) is 2.10. The van der Waals surface area contributed by atoms with Crippen LogP contribution in [0.25, 0.3) is 11.3 Å². The van der Waals surface area contributed by atoms with Gasteiger partial charge in [0, 0.05) is 18.6 Å². The summed E-state index contributed by atoms with van der Waals surface area (Å²) in [6.45, 7) is 1.25. The molecule has 1 aromatic heterocycles. The van der Waals surface area contributed by atoms with E-state index in [1.807, 2.05) is 0 Å². The maximum atomic E-state index is 13.6. The first kappa shape index (κ1) is 14.3. The van der Waals surface area contributed by atoms with E-state index in [-0.39, 0.29) is 41.5 Å². The molecule has 1 aliphatic heterocycles. The molecule has 0 spiro atoms. The van der Waals surface area contributed by atoms with Crippen LogP contribution >= 0.6 is 0 Å². The third-order valence-corrected chi connectivity index (χ3v) is 3.15. The Labute approximate surface area is 123 Å². The highest BCUT2D eigenvalue weighted by Crippen LogP contribution is 2.44. The van der Waals surface area contributed by atoms with E-state index >= 15 is 0 Å². The van der Waals surface area contributed by atoms with Crippen LogP contribution in [0.3, 0.4) is 0 Å². The number of ether oxygens (including phenoxy) is 2. The van der Waals surface area contributed by atoms with Gasteiger partial charge >= 0.3 is 5.97 Å². The average Bonchev–Trinajstić information content (AvgIpc) is 2.95. The number of alkyl halides is 2. The van der Waals surface area contributed by atoms with Crippen molar-refractivity contribution in [1.29, 1.82) is 0 Å². The first-order valence-corrected chi connectivity index (χ1v) is 6.38. The molecule has 0 fully saturated rings. The molecule has 8 heteroatoms. The van der Waals surface area contributed by atoms with E-state index in [2.05, 4.69) is 9.68 Å². The predicted molar refractivity (Wildman–Crippen MR) is 69.5 cm³/mol. The lowest BCUT2D eigenvalue weighted by molar-refractivity contribution is 0.0169. The summed E-state index contributed by atoms with van der Waals surface area (Å²) >= 11 is 0. The van der Waals surface area contributed by atoms with E-state index < -0.39 is 17.7 Å². The third kappa shape index (κ3) is 2.47. The van der Waals surface area contributed by atoms with Gasteiger partial charge in [0.2, 0.25) is 5.76 Å². The second-order valence-electron chi connectivity index (χ2n) is 4.82. The molecule has 0 amide bonds. The molecule has 116 valence electrons. The molecule has 0 saturated heterocycles. The summed E-state index contributed by atoms with van der Waals surface area (Å²) in [6, 6.07) is 3.54. The smallest absolute Gasteiger partial charge is 0.374 e. The van der Waals surface area contributed by atoms with Crippen molar-refractivity contribution in [3.05, 3.63) is 29.5 Å². The number of aromatic nitrogens is 1. The molecule has 2 aromatic rings. The molecule has 6 nitrogen and oxygen atoms in total. The van der Waals surface area contributed by atoms with Gasteiger partial charge in [-0.05, 0) is 12.1 Å². The van der Waals surface area contributed by atoms with Gasteiger partial charge in [0.15, 0.2) is 11.5 Å². The van der Waals surface area contributed by atoms with Gasteiger partial charge in [0.05, 0.1) is 5.56 Å². The van der Waals surface area contributed by atoms with Crippen LogP contribution in [-0.4, -0.2) is 29.4 Å². The number of benzene rings is 1. The Morgan fingerprint density at radius 2 is 2.00 bits per heavy atom. The van der Waals surface area contributed by atoms with Crippen LogP contribution in [0, 0.1) is 0 Å². The Balaban J connectivity index is 2.17. The number of fused-ring (bicyclic) bond motifs is 1. The Morgan fingerprint density at radius 3 is 2.64 bits per heavy atom. The highest BCUT2D eigenvalue weighted by Gasteiger charge is 2.30. The van der Waals surface area contributed by atoms with E-state index in [1.54, 1.807) is 0 Å². The summed E-state index contributed by atoms with van der Waals surface area (Å²) in [7, 11) is 0. The normalized spacial score (nSPS) is 14.0. The second kappa shape index (κ2) is 4.97. The zero-order valence-electron chi connectivity index (χ0n) is 11.4. The topological polar surface area (TPSA) is 81.8 Å². The first-order chi connectivity index (χ1) is 10.4. The lowest BCUT2D eigenvalue weighted by Gasteiger charge is -2.23. The van der Waals surface area contributed by atoms with Crippen LogP contribution < -0.4 is 9.47 Å². The average molecular weight is 311 g/mol. The number of rotatable bonds is 3. The molecule has 1 aliphatic rings. The minimum absolute atomic E-state index is 0.0882. The molecule has 2 heterocycles. The van der Waals surface area contributed by atoms with Crippen molar-refractivity contribution < 1.29 is 32.7 Å². The molecule has 1 aromatic carbocycles. The van der Waals surface area contributed by atoms with Crippen molar-refractivity contribution in [2.45, 2.75) is 12.8 Å². The number of hydrogen-bond acceptors (Lipinski definition) is 5. The monoisotopic (exact) mass is 311 g/mol. The Bertz CT molecular complexity index is 735. The third-order valence-electron chi connectivity index (χ3n) is 3.15. The van der Waals surface area contributed by atoms with Crippen LogP contribution in [0.1, 0.15) is 23.0 Å². The quantitative estimate of drug-likeness (QED) is 0.938. The minimum atomic E-state index is -3.09. The van der Waals surface area contributed by atoms with Gasteiger partial charge in [-0.2, -0.15) is 0 Å². The molecular formula is C14H11F2NO5. The van der Waals surface area contributed by atoms with E-state index in [0.717, 1.165) is 13.0 Å². The molecule has 0 radical (unpaired) electrons. The van der Waals surface area contributed by atoms with Crippen molar-refractivity contribution in [2.24, 2.45) is 0 Å². The Hall–Kier alpha value is -2.64. The van der Waals surface area contributed by atoms with Gasteiger partial charge < -0.3 is 19.1 Å². The van der Waals surface area contributed by atoms with Crippen molar-refractivity contribution >= 4 is 5.97 Å². The SMILES string of the molecule is CC(F)(F)c1cc2c(c(-c3cc(C(=O)O)on3)c1)OCCO2. The van der Waals surface area contributed by atoms with E-state index in [4.69, 9.17) is 14.6 Å². The lowest BCUT2D eigenvalue weighted by atomic mass is 10.0. The Kier molecular flexibility index (Phi) is 3.23. The van der Waals surface area contributed by atoms with Crippen LogP contribution in [0.4, 0.5) is 8.78 Å². The Morgan fingerprint density at radius 1 is 1.27 bits per heavy atom. The molecule has 1 N–H and O–H groups in total. The summed E-state index contributed by atoms with van der Waals surface area (Å²) in [6.07, 6.45) is 0. The second-order valence-corrected chi connectivity index (χ2v) is 4.82. The zero-order valence-corrected chi connectivity index (χ0v) is 11.4. The van der Waals surface area contributed by atoms with Gasteiger partial charge in [-0.25, -0.2) is 13.6 Å². The van der Waals surface area contributed by atoms with E-state index in [9.17, 15) is 13.6 Å². The van der Waals surface area contributed by atoms with Crippen LogP contribution in [0.2, 0.25) is 0 Å². The summed E-state index contributed by atoms with van der Waals surface area (Å²) in [5.74, 6) is -4.38. The number of carboxylic acids is 1. The van der Waals surface area contributed by atoms with Crippen LogP contribution in [0.15, 0.2) is 22.7 Å². The van der Waals surface area contributed by atoms with Gasteiger partial charge in [-0.3, -0.25) is 0 Å². The van der Waals surface area contributed by atoms with E-state index in [0.29, 0.717) is 0 Å². The standard InChI is InChI=1S/C14H11F2NO5/c1-14(15,16)7-4-8(9-6-11(13(18)19)22-17-9)12-10(5-7)20-2-3-21-12/h4-6H,2-3H2,1H3,(H,18,19). The largest absolute Gasteiger partial charge is 0.486 e. The van der Waals surface area contributed by atoms with Crippen LogP contribution in [0.5, 0.6) is 11.5 Å². The number of nitrogens with zero attached hydrogens (tertiary/aromatic N) is 1. The van der Waals surface area contributed by atoms with Crippen LogP contribution in [-0.2, 0) is 5.92 Å². The van der Waals surface area contributed by atoms with Crippen molar-refractivity contribution in [1.82, 2.24) is 5.16 Å². The number of halogens is 2. The lowest BCUT2D eigenvalue weighted by Crippen LogP contribution is -2.17. The van der Waals surface area contributed by atoms with Crippen molar-refractivity contribution in [3.8, 4) is 22.8 Å². The molecule has 3 rings (SSSR count). The summed E-state index contributed by atoms with van der Waals surface area (Å²) < 4.78 is 42.7. The zero-order chi connectivity index (χ0) is 15.9. The molecule has 0 unspecified atom stereocenters. The molecular weight excluding hydrogens is 300 g/mol. The summed E-state index contributed by atoms with van der Waals surface area (Å²) in [5.41, 5.74) is 0.00171. The number of carbonyl (C=O) groups is 1. The van der Waals surface area contributed by atoms with Crippen molar-refractivity contribution in [2.75, 3.05) is 13.2 Å². The van der Waals surface area contributed by atoms with Crippen molar-refractivity contribution in [3.63, 3.8) is 0 Å². The maximum Gasteiger partial charge on any atom is 0.374 e. The molecule has 0 saturated carbocycles. The van der Waals surface area contributed by atoms with Gasteiger partial charge in [0.1, 0.15) is 18.9 Å². The highest BCUT2D eigenvalue weighted by molar-refractivity contribution is 5.86. The number of carboxylic acid groups (broad SMARTS) is 1. The molecule has 0 atom stereocenters. The minimum Gasteiger partial charge on any atom is -0.486 e. The maximum absolute atomic E-state index is 13.6. The van der Waals surface area contributed by atoms with Gasteiger partial charge in [-0.1, -0.05) is 5.16 Å². The van der Waals surface area contributed by atoms with Gasteiger partial charge in [-0.15, -0.1) is 0 Å².